The summed E-state index contributed by atoms with van der Waals surface area (Å²) in [6, 6.07) is 5.11. The number of hydrogen-bond donors (Lipinski definition) is 1. The Kier molecular flexibility index (Phi) is 5.12. The zero-order valence-electron chi connectivity index (χ0n) is 11.1. The molecular weight excluding hydrogens is 488 g/mol. The zero-order valence-corrected chi connectivity index (χ0v) is 16.7. The van der Waals surface area contributed by atoms with Crippen LogP contribution in [-0.2, 0) is 10.0 Å². The Balaban J connectivity index is 2.46. The van der Waals surface area contributed by atoms with Crippen LogP contribution in [0.2, 0.25) is 0 Å². The van der Waals surface area contributed by atoms with Crippen molar-refractivity contribution in [3.63, 3.8) is 0 Å². The van der Waals surface area contributed by atoms with Gasteiger partial charge in [0.2, 0.25) is 0 Å². The number of halogens is 3. The Bertz CT molecular complexity index is 807. The first-order chi connectivity index (χ1) is 9.70. The summed E-state index contributed by atoms with van der Waals surface area (Å²) in [6.45, 7) is 3.68. The van der Waals surface area contributed by atoms with Gasteiger partial charge in [-0.15, -0.1) is 0 Å². The van der Waals surface area contributed by atoms with Gasteiger partial charge in [0.15, 0.2) is 0 Å². The Morgan fingerprint density at radius 3 is 2.29 bits per heavy atom. The van der Waals surface area contributed by atoms with Gasteiger partial charge in [0.1, 0.15) is 10.7 Å². The van der Waals surface area contributed by atoms with E-state index in [-0.39, 0.29) is 4.90 Å². The highest BCUT2D eigenvalue weighted by molar-refractivity contribution is 9.11. The average Bonchev–Trinajstić information content (AvgIpc) is 2.37. The number of benzene rings is 1. The molecule has 0 amide bonds. The third-order valence-corrected chi connectivity index (χ3v) is 6.36. The van der Waals surface area contributed by atoms with Crippen molar-refractivity contribution in [1.82, 2.24) is 4.98 Å². The zero-order chi connectivity index (χ0) is 15.8. The maximum absolute atomic E-state index is 12.5. The Morgan fingerprint density at radius 1 is 1.00 bits per heavy atom. The second-order valence-electron chi connectivity index (χ2n) is 4.46. The maximum Gasteiger partial charge on any atom is 0.264 e. The van der Waals surface area contributed by atoms with Gasteiger partial charge in [0.05, 0.1) is 0 Å². The van der Waals surface area contributed by atoms with E-state index in [9.17, 15) is 8.42 Å². The molecule has 1 aromatic heterocycles. The number of rotatable bonds is 3. The van der Waals surface area contributed by atoms with Crippen LogP contribution in [0.3, 0.4) is 0 Å². The third kappa shape index (κ3) is 3.85. The van der Waals surface area contributed by atoms with Crippen LogP contribution < -0.4 is 4.72 Å². The molecule has 0 bridgehead atoms. The van der Waals surface area contributed by atoms with E-state index in [4.69, 9.17) is 0 Å². The van der Waals surface area contributed by atoms with E-state index < -0.39 is 10.0 Å². The normalized spacial score (nSPS) is 11.5. The fraction of sp³-hybridized carbons (Fsp3) is 0.154. The molecule has 4 nitrogen and oxygen atoms in total. The van der Waals surface area contributed by atoms with Gasteiger partial charge >= 0.3 is 0 Å². The summed E-state index contributed by atoms with van der Waals surface area (Å²) in [6.07, 6.45) is 1.55. The van der Waals surface area contributed by atoms with Gasteiger partial charge in [0, 0.05) is 19.6 Å². The smallest absolute Gasteiger partial charge is 0.263 e. The van der Waals surface area contributed by atoms with Crippen molar-refractivity contribution in [2.24, 2.45) is 0 Å². The van der Waals surface area contributed by atoms with Crippen LogP contribution >= 0.6 is 47.8 Å². The Hall–Kier alpha value is -0.440. The predicted molar refractivity (Wildman–Crippen MR) is 94.1 cm³/mol. The van der Waals surface area contributed by atoms with Crippen molar-refractivity contribution in [2.75, 3.05) is 4.72 Å². The lowest BCUT2D eigenvalue weighted by molar-refractivity contribution is 0.600. The molecule has 0 radical (unpaired) electrons. The summed E-state index contributed by atoms with van der Waals surface area (Å²) in [5.41, 5.74) is 1.68. The van der Waals surface area contributed by atoms with Gasteiger partial charge in [-0.1, -0.05) is 15.9 Å². The third-order valence-electron chi connectivity index (χ3n) is 2.78. The minimum atomic E-state index is -3.72. The van der Waals surface area contributed by atoms with Crippen LogP contribution in [-0.4, -0.2) is 13.4 Å². The van der Waals surface area contributed by atoms with Crippen LogP contribution in [0.15, 0.2) is 42.7 Å². The Morgan fingerprint density at radius 2 is 1.67 bits per heavy atom. The van der Waals surface area contributed by atoms with Crippen molar-refractivity contribution < 1.29 is 8.42 Å². The van der Waals surface area contributed by atoms with E-state index in [1.54, 1.807) is 31.3 Å². The van der Waals surface area contributed by atoms with Gasteiger partial charge < -0.3 is 0 Å². The molecule has 2 aromatic rings. The first kappa shape index (κ1) is 16.9. The highest BCUT2D eigenvalue weighted by Crippen LogP contribution is 2.30. The second kappa shape index (κ2) is 6.36. The molecule has 1 N–H and O–H groups in total. The van der Waals surface area contributed by atoms with Crippen LogP contribution in [0, 0.1) is 13.8 Å². The van der Waals surface area contributed by atoms with E-state index in [0.29, 0.717) is 10.3 Å². The molecule has 21 heavy (non-hydrogen) atoms. The monoisotopic (exact) mass is 496 g/mol. The van der Waals surface area contributed by atoms with Gasteiger partial charge in [-0.3, -0.25) is 4.72 Å². The van der Waals surface area contributed by atoms with Crippen LogP contribution in [0.1, 0.15) is 11.1 Å². The molecule has 1 heterocycles. The standard InChI is InChI=1S/C13H11Br3N2O2S/c1-7-4-11(16)12(5-10(7)15)21(19,20)18-13-8(2)3-9(14)6-17-13/h3-6H,1-2H3,(H,17,18). The molecule has 2 rings (SSSR count). The van der Waals surface area contributed by atoms with E-state index in [1.165, 1.54) is 0 Å². The minimum Gasteiger partial charge on any atom is -0.263 e. The number of nitrogens with zero attached hydrogens (tertiary/aromatic N) is 1. The van der Waals surface area contributed by atoms with Crippen molar-refractivity contribution in [1.29, 1.82) is 0 Å². The summed E-state index contributed by atoms with van der Waals surface area (Å²) in [5.74, 6) is 0.307. The lowest BCUT2D eigenvalue weighted by atomic mass is 10.2. The summed E-state index contributed by atoms with van der Waals surface area (Å²) in [5, 5.41) is 0. The molecule has 0 spiro atoms. The molecule has 0 aliphatic carbocycles. The van der Waals surface area contributed by atoms with Crippen molar-refractivity contribution in [2.45, 2.75) is 18.7 Å². The van der Waals surface area contributed by atoms with Crippen LogP contribution in [0.25, 0.3) is 0 Å². The van der Waals surface area contributed by atoms with Crippen LogP contribution in [0.5, 0.6) is 0 Å². The van der Waals surface area contributed by atoms with Crippen LogP contribution in [0.4, 0.5) is 5.82 Å². The van der Waals surface area contributed by atoms with Gasteiger partial charge in [-0.25, -0.2) is 13.4 Å². The molecule has 0 atom stereocenters. The number of nitrogens with one attached hydrogen (secondary N) is 1. The van der Waals surface area contributed by atoms with Gasteiger partial charge in [0.25, 0.3) is 10.0 Å². The number of anilines is 1. The van der Waals surface area contributed by atoms with Crippen molar-refractivity contribution in [3.8, 4) is 0 Å². The lowest BCUT2D eigenvalue weighted by Crippen LogP contribution is -2.15. The van der Waals surface area contributed by atoms with E-state index >= 15 is 0 Å². The SMILES string of the molecule is Cc1cc(Br)c(S(=O)(=O)Nc2ncc(Br)cc2C)cc1Br. The highest BCUT2D eigenvalue weighted by Gasteiger charge is 2.20. The summed E-state index contributed by atoms with van der Waals surface area (Å²) >= 11 is 9.94. The quantitative estimate of drug-likeness (QED) is 0.662. The minimum absolute atomic E-state index is 0.157. The first-order valence-corrected chi connectivity index (χ1v) is 9.67. The lowest BCUT2D eigenvalue weighted by Gasteiger charge is -2.12. The highest BCUT2D eigenvalue weighted by atomic mass is 79.9. The van der Waals surface area contributed by atoms with E-state index in [0.717, 1.165) is 20.1 Å². The molecule has 1 aromatic carbocycles. The molecule has 0 fully saturated rings. The fourth-order valence-electron chi connectivity index (χ4n) is 1.66. The Labute approximate surface area is 148 Å². The molecule has 112 valence electrons. The molecule has 0 aliphatic heterocycles. The number of aromatic nitrogens is 1. The second-order valence-corrected chi connectivity index (χ2v) is 8.73. The predicted octanol–water partition coefficient (Wildman–Crippen LogP) is 4.79. The van der Waals surface area contributed by atoms with Crippen molar-refractivity contribution in [3.05, 3.63) is 48.9 Å². The molecular formula is C13H11Br3N2O2S. The fourth-order valence-corrected chi connectivity index (χ4v) is 4.87. The molecule has 0 saturated carbocycles. The number of aryl methyl sites for hydroxylation is 2. The van der Waals surface area contributed by atoms with Gasteiger partial charge in [-0.05, 0) is 75.0 Å². The molecule has 8 heteroatoms. The molecule has 0 saturated heterocycles. The summed E-state index contributed by atoms with van der Waals surface area (Å²) in [7, 11) is -3.72. The number of pyridine rings is 1. The van der Waals surface area contributed by atoms with Gasteiger partial charge in [-0.2, -0.15) is 0 Å². The van der Waals surface area contributed by atoms with Crippen molar-refractivity contribution >= 4 is 63.6 Å². The summed E-state index contributed by atoms with van der Waals surface area (Å²) in [4.78, 5) is 4.25. The largest absolute Gasteiger partial charge is 0.264 e. The molecule has 0 unspecified atom stereocenters. The van der Waals surface area contributed by atoms with E-state index in [2.05, 4.69) is 57.5 Å². The molecule has 0 aliphatic rings. The van der Waals surface area contributed by atoms with E-state index in [1.807, 2.05) is 6.92 Å². The first-order valence-electron chi connectivity index (χ1n) is 5.81. The number of hydrogen-bond acceptors (Lipinski definition) is 3. The maximum atomic E-state index is 12.5. The average molecular weight is 499 g/mol. The topological polar surface area (TPSA) is 59.1 Å². The number of sulfonamides is 1. The summed E-state index contributed by atoms with van der Waals surface area (Å²) < 4.78 is 29.6.